The Labute approximate surface area is 171 Å². The summed E-state index contributed by atoms with van der Waals surface area (Å²) in [5.74, 6) is -0.0831. The third-order valence-corrected chi connectivity index (χ3v) is 4.87. The summed E-state index contributed by atoms with van der Waals surface area (Å²) in [5.41, 5.74) is 3.36. The fraction of sp³-hybridized carbons (Fsp3) is 0.217. The van der Waals surface area contributed by atoms with Crippen LogP contribution in [0, 0.1) is 0 Å². The maximum Gasteiger partial charge on any atom is 0.273 e. The average Bonchev–Trinajstić information content (AvgIpc) is 2.72. The Hall–Kier alpha value is -2.85. The van der Waals surface area contributed by atoms with E-state index in [9.17, 15) is 4.79 Å². The van der Waals surface area contributed by atoms with Crippen LogP contribution in [-0.2, 0) is 13.1 Å². The molecule has 3 rings (SSSR count). The number of carbonyl (C=O) groups excluding carboxylic acids is 1. The van der Waals surface area contributed by atoms with Crippen LogP contribution in [0.4, 0.5) is 5.69 Å². The quantitative estimate of drug-likeness (QED) is 0.584. The van der Waals surface area contributed by atoms with Gasteiger partial charge in [0.05, 0.1) is 0 Å². The van der Waals surface area contributed by atoms with Gasteiger partial charge in [0.2, 0.25) is 0 Å². The minimum atomic E-state index is -0.0831. The van der Waals surface area contributed by atoms with E-state index in [1.54, 1.807) is 12.3 Å². The Kier molecular flexibility index (Phi) is 6.66. The third-order valence-electron chi connectivity index (χ3n) is 4.50. The molecule has 1 amide bonds. The summed E-state index contributed by atoms with van der Waals surface area (Å²) >= 11 is 6.21. The molecule has 0 bridgehead atoms. The Balaban J connectivity index is 1.73. The molecule has 0 aliphatic heterocycles. The predicted molar refractivity (Wildman–Crippen MR) is 114 cm³/mol. The Morgan fingerprint density at radius 2 is 1.79 bits per heavy atom. The molecule has 0 radical (unpaired) electrons. The average molecular weight is 394 g/mol. The van der Waals surface area contributed by atoms with Crippen molar-refractivity contribution in [2.24, 2.45) is 0 Å². The number of anilines is 1. The molecular formula is C23H24ClN3O. The largest absolute Gasteiger partial charge is 0.381 e. The van der Waals surface area contributed by atoms with Gasteiger partial charge in [-0.1, -0.05) is 60.1 Å². The van der Waals surface area contributed by atoms with Crippen molar-refractivity contribution in [3.05, 3.63) is 94.8 Å². The molecule has 0 aliphatic carbocycles. The summed E-state index contributed by atoms with van der Waals surface area (Å²) in [5, 5.41) is 4.04. The van der Waals surface area contributed by atoms with E-state index in [2.05, 4.69) is 10.3 Å². The molecule has 144 valence electrons. The molecule has 0 saturated carbocycles. The van der Waals surface area contributed by atoms with Gasteiger partial charge >= 0.3 is 0 Å². The van der Waals surface area contributed by atoms with Crippen LogP contribution in [0.15, 0.2) is 72.9 Å². The first-order valence-corrected chi connectivity index (χ1v) is 9.70. The Morgan fingerprint density at radius 3 is 2.50 bits per heavy atom. The molecule has 1 aromatic heterocycles. The van der Waals surface area contributed by atoms with Crippen molar-refractivity contribution in [1.82, 2.24) is 9.88 Å². The zero-order valence-electron chi connectivity index (χ0n) is 16.1. The highest BCUT2D eigenvalue weighted by Gasteiger charge is 2.20. The van der Waals surface area contributed by atoms with E-state index in [1.165, 1.54) is 0 Å². The van der Waals surface area contributed by atoms with Gasteiger partial charge in [0, 0.05) is 36.0 Å². The summed E-state index contributed by atoms with van der Waals surface area (Å²) in [6.45, 7) is 5.16. The highest BCUT2D eigenvalue weighted by atomic mass is 35.5. The number of benzene rings is 2. The summed E-state index contributed by atoms with van der Waals surface area (Å²) in [7, 11) is 0. The van der Waals surface area contributed by atoms with Crippen LogP contribution in [0.2, 0.25) is 5.02 Å². The third kappa shape index (κ3) is 5.11. The van der Waals surface area contributed by atoms with Gasteiger partial charge in [-0.2, -0.15) is 0 Å². The van der Waals surface area contributed by atoms with Crippen LogP contribution in [-0.4, -0.2) is 21.8 Å². The SMILES string of the molecule is CC(C)N(Cc1ccccc1)C(=O)c1cc(NCc2ccccc2Cl)ccn1. The number of nitrogens with zero attached hydrogens (tertiary/aromatic N) is 2. The number of hydrogen-bond donors (Lipinski definition) is 1. The second-order valence-electron chi connectivity index (χ2n) is 6.89. The van der Waals surface area contributed by atoms with Crippen molar-refractivity contribution in [2.45, 2.75) is 33.0 Å². The van der Waals surface area contributed by atoms with Gasteiger partial charge in [0.15, 0.2) is 0 Å². The Bertz CT molecular complexity index is 928. The number of carbonyl (C=O) groups is 1. The zero-order valence-corrected chi connectivity index (χ0v) is 16.9. The minimum absolute atomic E-state index is 0.0641. The van der Waals surface area contributed by atoms with E-state index in [0.29, 0.717) is 23.8 Å². The molecule has 28 heavy (non-hydrogen) atoms. The number of hydrogen-bond acceptors (Lipinski definition) is 3. The Morgan fingerprint density at radius 1 is 1.07 bits per heavy atom. The van der Waals surface area contributed by atoms with Gasteiger partial charge in [-0.15, -0.1) is 0 Å². The van der Waals surface area contributed by atoms with Gasteiger partial charge < -0.3 is 10.2 Å². The number of nitrogens with one attached hydrogen (secondary N) is 1. The normalized spacial score (nSPS) is 10.7. The lowest BCUT2D eigenvalue weighted by Gasteiger charge is -2.26. The first kappa shape index (κ1) is 19.9. The minimum Gasteiger partial charge on any atom is -0.381 e. The smallest absolute Gasteiger partial charge is 0.273 e. The summed E-state index contributed by atoms with van der Waals surface area (Å²) in [6.07, 6.45) is 1.66. The molecule has 0 fully saturated rings. The van der Waals surface area contributed by atoms with E-state index in [0.717, 1.165) is 16.8 Å². The topological polar surface area (TPSA) is 45.2 Å². The van der Waals surface area contributed by atoms with Gasteiger partial charge in [-0.05, 0) is 43.2 Å². The van der Waals surface area contributed by atoms with Crippen molar-refractivity contribution in [2.75, 3.05) is 5.32 Å². The highest BCUT2D eigenvalue weighted by molar-refractivity contribution is 6.31. The van der Waals surface area contributed by atoms with Crippen LogP contribution in [0.1, 0.15) is 35.5 Å². The molecule has 1 N–H and O–H groups in total. The first-order valence-electron chi connectivity index (χ1n) is 9.33. The van der Waals surface area contributed by atoms with E-state index in [1.807, 2.05) is 79.4 Å². The molecule has 4 nitrogen and oxygen atoms in total. The maximum absolute atomic E-state index is 13.1. The van der Waals surface area contributed by atoms with E-state index in [4.69, 9.17) is 11.6 Å². The molecule has 2 aromatic carbocycles. The van der Waals surface area contributed by atoms with E-state index in [-0.39, 0.29) is 11.9 Å². The fourth-order valence-corrected chi connectivity index (χ4v) is 3.12. The first-order chi connectivity index (χ1) is 13.5. The predicted octanol–water partition coefficient (Wildman–Crippen LogP) is 5.40. The molecule has 1 heterocycles. The second kappa shape index (κ2) is 9.38. The van der Waals surface area contributed by atoms with Crippen LogP contribution >= 0.6 is 11.6 Å². The van der Waals surface area contributed by atoms with Crippen LogP contribution in [0.3, 0.4) is 0 Å². The number of halogens is 1. The molecule has 0 spiro atoms. The highest BCUT2D eigenvalue weighted by Crippen LogP contribution is 2.18. The lowest BCUT2D eigenvalue weighted by atomic mass is 10.1. The van der Waals surface area contributed by atoms with Crippen molar-refractivity contribution in [3.8, 4) is 0 Å². The molecule has 0 saturated heterocycles. The van der Waals surface area contributed by atoms with E-state index < -0.39 is 0 Å². The van der Waals surface area contributed by atoms with Crippen molar-refractivity contribution >= 4 is 23.2 Å². The fourth-order valence-electron chi connectivity index (χ4n) is 2.91. The molecule has 5 heteroatoms. The maximum atomic E-state index is 13.1. The van der Waals surface area contributed by atoms with Crippen LogP contribution in [0.5, 0.6) is 0 Å². The summed E-state index contributed by atoms with van der Waals surface area (Å²) in [6, 6.07) is 21.4. The lowest BCUT2D eigenvalue weighted by molar-refractivity contribution is 0.0684. The number of rotatable bonds is 7. The van der Waals surface area contributed by atoms with Crippen molar-refractivity contribution in [3.63, 3.8) is 0 Å². The standard InChI is InChI=1S/C23H24ClN3O/c1-17(2)27(16-18-8-4-3-5-9-18)23(28)22-14-20(12-13-25-22)26-15-19-10-6-7-11-21(19)24/h3-14,17H,15-16H2,1-2H3,(H,25,26). The zero-order chi connectivity index (χ0) is 19.9. The molecule has 0 aliphatic rings. The van der Waals surface area contributed by atoms with Gasteiger partial charge in [0.25, 0.3) is 5.91 Å². The number of amides is 1. The lowest BCUT2D eigenvalue weighted by Crippen LogP contribution is -2.36. The van der Waals surface area contributed by atoms with Gasteiger partial charge in [-0.25, -0.2) is 0 Å². The molecule has 3 aromatic rings. The molecule has 0 unspecified atom stereocenters. The van der Waals surface area contributed by atoms with Crippen LogP contribution < -0.4 is 5.32 Å². The number of pyridine rings is 1. The van der Waals surface area contributed by atoms with Crippen molar-refractivity contribution < 1.29 is 4.79 Å². The van der Waals surface area contributed by atoms with Gasteiger partial charge in [-0.3, -0.25) is 9.78 Å². The molecule has 0 atom stereocenters. The van der Waals surface area contributed by atoms with E-state index >= 15 is 0 Å². The summed E-state index contributed by atoms with van der Waals surface area (Å²) in [4.78, 5) is 19.2. The molecular weight excluding hydrogens is 370 g/mol. The monoisotopic (exact) mass is 393 g/mol. The summed E-state index contributed by atoms with van der Waals surface area (Å²) < 4.78 is 0. The van der Waals surface area contributed by atoms with Gasteiger partial charge in [0.1, 0.15) is 5.69 Å². The van der Waals surface area contributed by atoms with Crippen LogP contribution in [0.25, 0.3) is 0 Å². The van der Waals surface area contributed by atoms with Crippen molar-refractivity contribution in [1.29, 1.82) is 0 Å². The second-order valence-corrected chi connectivity index (χ2v) is 7.29. The number of aromatic nitrogens is 1.